The number of hydrogen-bond acceptors (Lipinski definition) is 3. The molecule has 1 atom stereocenters. The summed E-state index contributed by atoms with van der Waals surface area (Å²) in [6.07, 6.45) is 0. The highest BCUT2D eigenvalue weighted by Gasteiger charge is 2.30. The summed E-state index contributed by atoms with van der Waals surface area (Å²) in [5.74, 6) is -0.496. The lowest BCUT2D eigenvalue weighted by molar-refractivity contribution is -0.120. The zero-order valence-corrected chi connectivity index (χ0v) is 11.5. The van der Waals surface area contributed by atoms with Crippen LogP contribution in [0.3, 0.4) is 0 Å². The van der Waals surface area contributed by atoms with Crippen molar-refractivity contribution in [1.29, 1.82) is 0 Å². The van der Waals surface area contributed by atoms with Crippen molar-refractivity contribution in [2.75, 3.05) is 6.54 Å². The summed E-state index contributed by atoms with van der Waals surface area (Å²) in [5, 5.41) is 0.904. The van der Waals surface area contributed by atoms with E-state index in [-0.39, 0.29) is 6.54 Å². The first-order valence-corrected chi connectivity index (χ1v) is 6.93. The van der Waals surface area contributed by atoms with E-state index in [1.165, 1.54) is 6.92 Å². The fourth-order valence-corrected chi connectivity index (χ4v) is 2.22. The van der Waals surface area contributed by atoms with E-state index in [2.05, 4.69) is 27.8 Å². The lowest BCUT2D eigenvalue weighted by atomic mass is 10.4. The second-order valence-corrected chi connectivity index (χ2v) is 7.46. The number of nitrogens with one attached hydrogen (secondary N) is 1. The Balaban J connectivity index is 4.52. The highest BCUT2D eigenvalue weighted by Crippen LogP contribution is 2.09. The third-order valence-electron chi connectivity index (χ3n) is 1.97. The zero-order valence-electron chi connectivity index (χ0n) is 9.08. The van der Waals surface area contributed by atoms with E-state index in [9.17, 15) is 13.2 Å². The summed E-state index contributed by atoms with van der Waals surface area (Å²) in [6, 6.07) is 0. The van der Waals surface area contributed by atoms with Crippen LogP contribution in [-0.2, 0) is 14.6 Å². The van der Waals surface area contributed by atoms with Crippen LogP contribution in [0.5, 0.6) is 0 Å². The second kappa shape index (κ2) is 5.65. The number of carbonyl (C=O) groups is 1. The molecule has 4 nitrogen and oxygen atoms in total. The van der Waals surface area contributed by atoms with E-state index < -0.39 is 26.2 Å². The highest BCUT2D eigenvalue weighted by atomic mass is 79.9. The van der Waals surface area contributed by atoms with E-state index in [0.29, 0.717) is 4.48 Å². The van der Waals surface area contributed by atoms with Crippen molar-refractivity contribution in [2.24, 2.45) is 0 Å². The molecule has 88 valence electrons. The number of rotatable bonds is 5. The molecule has 0 rings (SSSR count). The van der Waals surface area contributed by atoms with E-state index in [0.717, 1.165) is 0 Å². The van der Waals surface area contributed by atoms with E-state index in [1.807, 2.05) is 0 Å². The molecule has 0 aliphatic rings. The Morgan fingerprint density at radius 3 is 2.20 bits per heavy atom. The average Bonchev–Trinajstić information content (AvgIpc) is 2.12. The predicted octanol–water partition coefficient (Wildman–Crippen LogP) is 1.22. The minimum Gasteiger partial charge on any atom is -0.350 e. The van der Waals surface area contributed by atoms with Gasteiger partial charge in [0, 0.05) is 11.0 Å². The molecular weight excluding hydrogens is 282 g/mol. The Kier molecular flexibility index (Phi) is 5.51. The molecule has 0 unspecified atom stereocenters. The molecule has 0 bridgehead atoms. The van der Waals surface area contributed by atoms with Gasteiger partial charge in [-0.25, -0.2) is 8.42 Å². The number of halogens is 1. The Morgan fingerprint density at radius 2 is 1.87 bits per heavy atom. The maximum Gasteiger partial charge on any atom is 0.238 e. The van der Waals surface area contributed by atoms with Gasteiger partial charge in [0.2, 0.25) is 5.91 Å². The molecule has 0 saturated carbocycles. The molecular formula is C9H16BrNO3S. The third kappa shape index (κ3) is 4.34. The Labute approximate surface area is 99.2 Å². The minimum atomic E-state index is -3.38. The molecule has 0 aromatic rings. The molecule has 1 amide bonds. The van der Waals surface area contributed by atoms with Gasteiger partial charge in [-0.1, -0.05) is 22.5 Å². The van der Waals surface area contributed by atoms with E-state index >= 15 is 0 Å². The average molecular weight is 298 g/mol. The van der Waals surface area contributed by atoms with Gasteiger partial charge in [-0.3, -0.25) is 4.79 Å². The third-order valence-corrected chi connectivity index (χ3v) is 4.77. The molecule has 0 aliphatic carbocycles. The van der Waals surface area contributed by atoms with Crippen LogP contribution >= 0.6 is 15.9 Å². The lowest BCUT2D eigenvalue weighted by Gasteiger charge is -2.15. The van der Waals surface area contributed by atoms with Gasteiger partial charge >= 0.3 is 0 Å². The van der Waals surface area contributed by atoms with Crippen LogP contribution in [0.1, 0.15) is 20.8 Å². The first-order valence-electron chi connectivity index (χ1n) is 4.53. The SMILES string of the molecule is C=C(Br)CNC(=O)[C@H](C)S(=O)(=O)C(C)C. The largest absolute Gasteiger partial charge is 0.350 e. The maximum absolute atomic E-state index is 11.6. The number of carbonyl (C=O) groups excluding carboxylic acids is 1. The molecule has 0 radical (unpaired) electrons. The smallest absolute Gasteiger partial charge is 0.238 e. The van der Waals surface area contributed by atoms with Crippen molar-refractivity contribution >= 4 is 31.7 Å². The minimum absolute atomic E-state index is 0.233. The molecule has 6 heteroatoms. The number of hydrogen-bond donors (Lipinski definition) is 1. The van der Waals surface area contributed by atoms with Crippen LogP contribution in [-0.4, -0.2) is 31.4 Å². The fourth-order valence-electron chi connectivity index (χ4n) is 0.884. The molecule has 0 fully saturated rings. The van der Waals surface area contributed by atoms with Gasteiger partial charge in [0.1, 0.15) is 5.25 Å². The van der Waals surface area contributed by atoms with Gasteiger partial charge in [-0.15, -0.1) is 0 Å². The van der Waals surface area contributed by atoms with Gasteiger partial charge < -0.3 is 5.32 Å². The van der Waals surface area contributed by atoms with Crippen LogP contribution in [0.25, 0.3) is 0 Å². The molecule has 0 saturated heterocycles. The van der Waals surface area contributed by atoms with Gasteiger partial charge in [-0.05, 0) is 20.8 Å². The van der Waals surface area contributed by atoms with Crippen molar-refractivity contribution in [3.05, 3.63) is 11.1 Å². The first kappa shape index (κ1) is 14.6. The summed E-state index contributed by atoms with van der Waals surface area (Å²) in [5.41, 5.74) is 0. The van der Waals surface area contributed by atoms with Crippen molar-refractivity contribution < 1.29 is 13.2 Å². The Morgan fingerprint density at radius 1 is 1.40 bits per heavy atom. The van der Waals surface area contributed by atoms with Gasteiger partial charge in [0.15, 0.2) is 9.84 Å². The molecule has 15 heavy (non-hydrogen) atoms. The quantitative estimate of drug-likeness (QED) is 0.830. The van der Waals surface area contributed by atoms with Crippen LogP contribution in [0.2, 0.25) is 0 Å². The van der Waals surface area contributed by atoms with Crippen LogP contribution in [0.4, 0.5) is 0 Å². The van der Waals surface area contributed by atoms with Crippen molar-refractivity contribution in [1.82, 2.24) is 5.32 Å². The summed E-state index contributed by atoms with van der Waals surface area (Å²) in [4.78, 5) is 11.4. The predicted molar refractivity (Wildman–Crippen MR) is 64.6 cm³/mol. The standard InChI is InChI=1S/C9H16BrNO3S/c1-6(2)15(13,14)8(4)9(12)11-5-7(3)10/h6,8H,3,5H2,1-2,4H3,(H,11,12)/t8-/m0/s1. The maximum atomic E-state index is 11.6. The highest BCUT2D eigenvalue weighted by molar-refractivity contribution is 9.11. The van der Waals surface area contributed by atoms with Crippen molar-refractivity contribution in [2.45, 2.75) is 31.3 Å². The molecule has 0 heterocycles. The molecule has 0 spiro atoms. The van der Waals surface area contributed by atoms with Crippen LogP contribution in [0.15, 0.2) is 11.1 Å². The fraction of sp³-hybridized carbons (Fsp3) is 0.667. The van der Waals surface area contributed by atoms with Crippen molar-refractivity contribution in [3.63, 3.8) is 0 Å². The molecule has 0 aromatic heterocycles. The van der Waals surface area contributed by atoms with Gasteiger partial charge in [0.25, 0.3) is 0 Å². The zero-order chi connectivity index (χ0) is 12.2. The van der Waals surface area contributed by atoms with Crippen LogP contribution < -0.4 is 5.32 Å². The monoisotopic (exact) mass is 297 g/mol. The molecule has 0 aromatic carbocycles. The van der Waals surface area contributed by atoms with E-state index in [1.54, 1.807) is 13.8 Å². The Bertz CT molecular complexity index is 348. The first-order chi connectivity index (χ1) is 6.69. The second-order valence-electron chi connectivity index (χ2n) is 3.52. The summed E-state index contributed by atoms with van der Waals surface area (Å²) < 4.78 is 23.8. The van der Waals surface area contributed by atoms with Crippen molar-refractivity contribution in [3.8, 4) is 0 Å². The van der Waals surface area contributed by atoms with Gasteiger partial charge in [0.05, 0.1) is 5.25 Å². The Hall–Kier alpha value is -0.360. The summed E-state index contributed by atoms with van der Waals surface area (Å²) >= 11 is 3.07. The molecule has 1 N–H and O–H groups in total. The van der Waals surface area contributed by atoms with Gasteiger partial charge in [-0.2, -0.15) is 0 Å². The number of sulfone groups is 1. The normalized spacial score (nSPS) is 13.7. The lowest BCUT2D eigenvalue weighted by Crippen LogP contribution is -2.41. The van der Waals surface area contributed by atoms with Crippen LogP contribution in [0, 0.1) is 0 Å². The topological polar surface area (TPSA) is 63.2 Å². The van der Waals surface area contributed by atoms with E-state index in [4.69, 9.17) is 0 Å². The molecule has 0 aliphatic heterocycles. The summed E-state index contributed by atoms with van der Waals surface area (Å²) in [6.45, 7) is 8.28. The number of amides is 1. The summed E-state index contributed by atoms with van der Waals surface area (Å²) in [7, 11) is -3.38.